The number of benzene rings is 4. The van der Waals surface area contributed by atoms with Gasteiger partial charge in [0.25, 0.3) is 0 Å². The predicted molar refractivity (Wildman–Crippen MR) is 179 cm³/mol. The number of hydrogen-bond donors (Lipinski definition) is 0. The molecule has 0 N–H and O–H groups in total. The first kappa shape index (κ1) is 39.1. The van der Waals surface area contributed by atoms with Crippen LogP contribution in [-0.4, -0.2) is 0 Å². The summed E-state index contributed by atoms with van der Waals surface area (Å²) in [7, 11) is 1.29. The molecule has 38 heavy (non-hydrogen) atoms. The summed E-state index contributed by atoms with van der Waals surface area (Å²) in [6.45, 7) is 17.2. The van der Waals surface area contributed by atoms with Gasteiger partial charge in [-0.15, -0.1) is 0 Å². The Morgan fingerprint density at radius 2 is 0.632 bits per heavy atom. The van der Waals surface area contributed by atoms with Crippen LogP contribution in [-0.2, 0) is 35.5 Å². The molecule has 9 heteroatoms. The van der Waals surface area contributed by atoms with E-state index in [-0.39, 0.29) is 0 Å². The van der Waals surface area contributed by atoms with E-state index in [4.69, 9.17) is 0 Å². The van der Waals surface area contributed by atoms with Gasteiger partial charge in [-0.3, -0.25) is 0 Å². The van der Waals surface area contributed by atoms with Crippen LogP contribution in [0.1, 0.15) is 0 Å². The second-order valence-corrected chi connectivity index (χ2v) is 23.5. The molecule has 0 atom stereocenters. The molecule has 0 bridgehead atoms. The molecule has 0 heterocycles. The van der Waals surface area contributed by atoms with Crippen LogP contribution in [0.15, 0.2) is 121 Å². The Labute approximate surface area is 279 Å². The van der Waals surface area contributed by atoms with E-state index >= 15 is 0 Å². The molecule has 0 unspecified atom stereocenters. The van der Waals surface area contributed by atoms with Crippen LogP contribution in [0, 0.1) is 32.0 Å². The second-order valence-electron chi connectivity index (χ2n) is 7.40. The quantitative estimate of drug-likeness (QED) is 0.109. The van der Waals surface area contributed by atoms with Gasteiger partial charge in [0.1, 0.15) is 0 Å². The van der Waals surface area contributed by atoms with Crippen LogP contribution < -0.4 is 21.2 Å². The fourth-order valence-corrected chi connectivity index (χ4v) is 6.72. The normalized spacial score (nSPS) is 10.2. The fourth-order valence-electron chi connectivity index (χ4n) is 3.15. The molecule has 0 aliphatic heterocycles. The Hall–Kier alpha value is 1.05. The Morgan fingerprint density at radius 1 is 0.500 bits per heavy atom. The summed E-state index contributed by atoms with van der Waals surface area (Å²) in [5.74, 6) is 0. The summed E-state index contributed by atoms with van der Waals surface area (Å²) < 4.78 is 0. The van der Waals surface area contributed by atoms with Crippen LogP contribution in [0.3, 0.4) is 0 Å². The summed E-state index contributed by atoms with van der Waals surface area (Å²) in [5.41, 5.74) is 0. The average molecular weight is 1100 g/mol. The summed E-state index contributed by atoms with van der Waals surface area (Å²) in [6, 6.07) is 41.3. The first-order valence-corrected chi connectivity index (χ1v) is 27.9. The minimum absolute atomic E-state index is 0.292. The topological polar surface area (TPSA) is 0 Å². The maximum absolute atomic E-state index is 4.64. The van der Waals surface area contributed by atoms with Gasteiger partial charge in [-0.2, -0.15) is 46.5 Å². The molecule has 0 nitrogen and oxygen atoms in total. The Bertz CT molecular complexity index is 906. The van der Waals surface area contributed by atoms with Crippen LogP contribution >= 0.6 is 73.0 Å². The molecule has 0 saturated carbocycles. The third-order valence-electron chi connectivity index (χ3n) is 5.00. The third-order valence-corrected chi connectivity index (χ3v) is 10.1. The van der Waals surface area contributed by atoms with E-state index in [1.165, 1.54) is 21.2 Å². The van der Waals surface area contributed by atoms with Gasteiger partial charge in [0, 0.05) is 21.2 Å². The van der Waals surface area contributed by atoms with Gasteiger partial charge >= 0.3 is 70.7 Å². The molecule has 0 amide bonds. The van der Waals surface area contributed by atoms with Crippen molar-refractivity contribution in [1.82, 2.24) is 0 Å². The Kier molecular flexibility index (Phi) is 24.2. The Balaban J connectivity index is 0.000000567. The van der Waals surface area contributed by atoms with Gasteiger partial charge in [0.2, 0.25) is 0 Å². The molecule has 4 aromatic carbocycles. The summed E-state index contributed by atoms with van der Waals surface area (Å²) >= 11 is 17.6. The van der Waals surface area contributed by atoms with Crippen molar-refractivity contribution in [2.75, 3.05) is 0 Å². The zero-order chi connectivity index (χ0) is 28.9. The van der Waals surface area contributed by atoms with Gasteiger partial charge in [0.15, 0.2) is 0 Å². The summed E-state index contributed by atoms with van der Waals surface area (Å²) in [4.78, 5) is 0. The van der Waals surface area contributed by atoms with E-state index < -0.39 is 14.5 Å². The van der Waals surface area contributed by atoms with Gasteiger partial charge < -0.3 is 23.2 Å². The zero-order valence-electron chi connectivity index (χ0n) is 20.3. The maximum atomic E-state index is 4.64. The van der Waals surface area contributed by atoms with E-state index in [1.54, 1.807) is 20.0 Å². The van der Waals surface area contributed by atoms with E-state index in [9.17, 15) is 0 Å². The molecule has 0 aliphatic carbocycles. The van der Waals surface area contributed by atoms with Crippen LogP contribution in [0.5, 0.6) is 0 Å². The van der Waals surface area contributed by atoms with Crippen molar-refractivity contribution in [3.8, 4) is 0 Å². The van der Waals surface area contributed by atoms with Crippen molar-refractivity contribution in [2.45, 2.75) is 0 Å². The van der Waals surface area contributed by atoms with Crippen molar-refractivity contribution < 1.29 is 35.5 Å². The van der Waals surface area contributed by atoms with Crippen molar-refractivity contribution in [3.05, 3.63) is 153 Å². The van der Waals surface area contributed by atoms with Crippen molar-refractivity contribution >= 4 is 94.2 Å². The minimum atomic E-state index is -1.65. The molecule has 0 saturated heterocycles. The molecule has 0 radical (unpaired) electrons. The summed E-state index contributed by atoms with van der Waals surface area (Å²) in [6.07, 6.45) is 0. The van der Waals surface area contributed by atoms with Gasteiger partial charge in [0.05, 0.1) is 0 Å². The van der Waals surface area contributed by atoms with Gasteiger partial charge in [-0.25, -0.2) is 0 Å². The van der Waals surface area contributed by atoms with E-state index in [1.807, 2.05) is 72.8 Å². The zero-order valence-corrected chi connectivity index (χ0v) is 31.9. The number of rotatable bonds is 4. The molecular formula is C29H29Au2Br2Cl3P2-4. The molecule has 216 valence electrons. The van der Waals surface area contributed by atoms with Crippen LogP contribution in [0.25, 0.3) is 0 Å². The van der Waals surface area contributed by atoms with Gasteiger partial charge in [-0.05, 0) is 48.5 Å². The number of halogens is 5. The first-order valence-electron chi connectivity index (χ1n) is 10.6. The van der Waals surface area contributed by atoms with Crippen molar-refractivity contribution in [1.29, 1.82) is 0 Å². The average Bonchev–Trinajstić information content (AvgIpc) is 2.97. The predicted octanol–water partition coefficient (Wildman–Crippen LogP) is 10.4. The molecule has 0 aromatic heterocycles. The molecule has 0 spiro atoms. The van der Waals surface area contributed by atoms with Crippen molar-refractivity contribution in [3.63, 3.8) is 0 Å². The van der Waals surface area contributed by atoms with E-state index in [2.05, 4.69) is 134 Å². The third kappa shape index (κ3) is 14.8. The standard InChI is InChI=1S/2C14H14P.CHCl2.2Au.2BrH.ClH/c2*1-15(2,13-9-5-3-6-10-13)14-11-7-4-8-12-14;2-1-3;;;;;/h2*3-12H,1-2H2;1H;;;3*1H/q3*-1;2*+1;;;/p-3. The van der Waals surface area contributed by atoms with E-state index in [0.29, 0.717) is 15.5 Å². The monoisotopic (exact) mass is 1100 g/mol. The first-order chi connectivity index (χ1) is 18.2. The van der Waals surface area contributed by atoms with Crippen LogP contribution in [0.2, 0.25) is 0 Å². The Morgan fingerprint density at radius 3 is 0.763 bits per heavy atom. The fraction of sp³-hybridized carbons (Fsp3) is 0. The molecule has 0 fully saturated rings. The number of hydrogen-bond acceptors (Lipinski definition) is 0. The SMILES string of the molecule is Cl[CH-]Cl.[Br][Au-][Br].[CH2-][P+]([CH2-])(c1ccccc1)c1ccccc1.[CH2-][P+]([CH2-])(c1ccccc1)c1ccccc1.[Cl][Au]. The van der Waals surface area contributed by atoms with Crippen molar-refractivity contribution in [2.24, 2.45) is 0 Å². The van der Waals surface area contributed by atoms with E-state index in [0.717, 1.165) is 5.34 Å². The molecular weight excluding hydrogens is 1070 g/mol. The van der Waals surface area contributed by atoms with Crippen LogP contribution in [0.4, 0.5) is 0 Å². The summed E-state index contributed by atoms with van der Waals surface area (Å²) in [5, 5.41) is 5.93. The molecule has 4 aromatic rings. The second kappa shape index (κ2) is 23.6. The van der Waals surface area contributed by atoms with Gasteiger partial charge in [-0.1, -0.05) is 72.8 Å². The molecule has 0 aliphatic rings. The molecule has 4 rings (SSSR count).